The fourth-order valence-electron chi connectivity index (χ4n) is 3.83. The third-order valence-corrected chi connectivity index (χ3v) is 5.67. The Balaban J connectivity index is 1.92. The van der Waals surface area contributed by atoms with Crippen LogP contribution in [-0.2, 0) is 0 Å². The number of carbonyl (C=O) groups excluding carboxylic acids is 1. The van der Waals surface area contributed by atoms with E-state index in [0.29, 0.717) is 29.0 Å². The van der Waals surface area contributed by atoms with Crippen LogP contribution >= 0.6 is 15.9 Å². The number of piperidine rings is 1. The predicted molar refractivity (Wildman–Crippen MR) is 113 cm³/mol. The van der Waals surface area contributed by atoms with Crippen LogP contribution in [0.3, 0.4) is 0 Å². The number of rotatable bonds is 3. The van der Waals surface area contributed by atoms with Crippen molar-refractivity contribution >= 4 is 38.9 Å². The number of benzene rings is 2. The summed E-state index contributed by atoms with van der Waals surface area (Å²) in [6.45, 7) is 6.62. The second-order valence-corrected chi connectivity index (χ2v) is 8.14. The SMILES string of the molecule is Cc1cc(N)c(NC(=O)c2cccc(Br)c2)cc1N1C(C)CCCC1C. The molecule has 1 aliphatic heterocycles. The third kappa shape index (κ3) is 3.88. The van der Waals surface area contributed by atoms with Gasteiger partial charge < -0.3 is 16.0 Å². The van der Waals surface area contributed by atoms with Gasteiger partial charge in [0.1, 0.15) is 0 Å². The van der Waals surface area contributed by atoms with Crippen molar-refractivity contribution in [3.63, 3.8) is 0 Å². The lowest BCUT2D eigenvalue weighted by atomic mass is 9.95. The maximum atomic E-state index is 12.6. The number of halogens is 1. The van der Waals surface area contributed by atoms with Crippen LogP contribution in [0.25, 0.3) is 0 Å². The Morgan fingerprint density at radius 3 is 2.54 bits per heavy atom. The van der Waals surface area contributed by atoms with Gasteiger partial charge in [-0.15, -0.1) is 0 Å². The Labute approximate surface area is 163 Å². The van der Waals surface area contributed by atoms with Gasteiger partial charge in [0.05, 0.1) is 11.4 Å². The van der Waals surface area contributed by atoms with Crippen LogP contribution in [0.2, 0.25) is 0 Å². The summed E-state index contributed by atoms with van der Waals surface area (Å²) in [5.74, 6) is -0.160. The molecule has 1 amide bonds. The summed E-state index contributed by atoms with van der Waals surface area (Å²) < 4.78 is 0.874. The van der Waals surface area contributed by atoms with E-state index in [-0.39, 0.29) is 5.91 Å². The first-order chi connectivity index (χ1) is 12.4. The second-order valence-electron chi connectivity index (χ2n) is 7.23. The largest absolute Gasteiger partial charge is 0.397 e. The first kappa shape index (κ1) is 18.8. The lowest BCUT2D eigenvalue weighted by molar-refractivity contribution is 0.102. The lowest BCUT2D eigenvalue weighted by Crippen LogP contribution is -2.44. The Hall–Kier alpha value is -2.01. The molecular formula is C21H26BrN3O. The standard InChI is InChI=1S/C21H26BrN3O/c1-13-10-18(23)19(24-21(26)16-8-5-9-17(22)11-16)12-20(13)25-14(2)6-4-7-15(25)3/h5,8-12,14-15H,4,6-7,23H2,1-3H3,(H,24,26). The highest BCUT2D eigenvalue weighted by Crippen LogP contribution is 2.36. The number of nitrogens with zero attached hydrogens (tertiary/aromatic N) is 1. The minimum absolute atomic E-state index is 0.160. The first-order valence-corrected chi connectivity index (χ1v) is 9.91. The highest BCUT2D eigenvalue weighted by Gasteiger charge is 2.26. The fourth-order valence-corrected chi connectivity index (χ4v) is 4.22. The van der Waals surface area contributed by atoms with E-state index in [0.717, 1.165) is 15.7 Å². The molecule has 3 N–H and O–H groups in total. The zero-order valence-corrected chi connectivity index (χ0v) is 17.1. The van der Waals surface area contributed by atoms with Crippen LogP contribution in [0, 0.1) is 6.92 Å². The molecule has 0 aliphatic carbocycles. The average Bonchev–Trinajstić information content (AvgIpc) is 2.58. The molecule has 1 saturated heterocycles. The fraction of sp³-hybridized carbons (Fsp3) is 0.381. The summed E-state index contributed by atoms with van der Waals surface area (Å²) in [4.78, 5) is 15.1. The van der Waals surface area contributed by atoms with E-state index in [9.17, 15) is 4.79 Å². The Morgan fingerprint density at radius 1 is 1.19 bits per heavy atom. The zero-order chi connectivity index (χ0) is 18.8. The maximum absolute atomic E-state index is 12.6. The van der Waals surface area contributed by atoms with E-state index >= 15 is 0 Å². The van der Waals surface area contributed by atoms with Gasteiger partial charge in [0.15, 0.2) is 0 Å². The number of aryl methyl sites for hydroxylation is 1. The molecule has 2 aromatic carbocycles. The summed E-state index contributed by atoms with van der Waals surface area (Å²) in [7, 11) is 0. The van der Waals surface area contributed by atoms with Gasteiger partial charge in [-0.1, -0.05) is 22.0 Å². The Morgan fingerprint density at radius 2 is 1.88 bits per heavy atom. The van der Waals surface area contributed by atoms with Gasteiger partial charge in [0, 0.05) is 27.8 Å². The normalized spacial score (nSPS) is 20.1. The summed E-state index contributed by atoms with van der Waals surface area (Å²) in [5, 5.41) is 2.98. The second kappa shape index (κ2) is 7.70. The van der Waals surface area contributed by atoms with Crippen molar-refractivity contribution in [3.05, 3.63) is 52.0 Å². The van der Waals surface area contributed by atoms with Crippen LogP contribution in [-0.4, -0.2) is 18.0 Å². The van der Waals surface area contributed by atoms with E-state index < -0.39 is 0 Å². The van der Waals surface area contributed by atoms with Gasteiger partial charge in [0.2, 0.25) is 0 Å². The number of carbonyl (C=O) groups is 1. The van der Waals surface area contributed by atoms with E-state index in [1.54, 1.807) is 12.1 Å². The van der Waals surface area contributed by atoms with Gasteiger partial charge in [-0.05, 0) is 75.9 Å². The monoisotopic (exact) mass is 415 g/mol. The lowest BCUT2D eigenvalue weighted by Gasteiger charge is -2.42. The summed E-state index contributed by atoms with van der Waals surface area (Å²) in [5.41, 5.74) is 10.4. The molecule has 0 radical (unpaired) electrons. The molecule has 0 spiro atoms. The predicted octanol–water partition coefficient (Wildman–Crippen LogP) is 5.36. The quantitative estimate of drug-likeness (QED) is 0.663. The minimum atomic E-state index is -0.160. The first-order valence-electron chi connectivity index (χ1n) is 9.12. The van der Waals surface area contributed by atoms with Crippen LogP contribution in [0.4, 0.5) is 17.1 Å². The number of nitrogen functional groups attached to an aromatic ring is 1. The van der Waals surface area contributed by atoms with Crippen LogP contribution in [0.1, 0.15) is 49.0 Å². The van der Waals surface area contributed by atoms with Gasteiger partial charge in [0.25, 0.3) is 5.91 Å². The van der Waals surface area contributed by atoms with Crippen molar-refractivity contribution in [3.8, 4) is 0 Å². The van der Waals surface area contributed by atoms with Crippen molar-refractivity contribution in [1.82, 2.24) is 0 Å². The summed E-state index contributed by atoms with van der Waals surface area (Å²) in [6, 6.07) is 12.3. The van der Waals surface area contributed by atoms with E-state index in [1.165, 1.54) is 19.3 Å². The van der Waals surface area contributed by atoms with Gasteiger partial charge in [-0.2, -0.15) is 0 Å². The minimum Gasteiger partial charge on any atom is -0.397 e. The van der Waals surface area contributed by atoms with E-state index in [2.05, 4.69) is 46.9 Å². The van der Waals surface area contributed by atoms with Gasteiger partial charge in [-0.25, -0.2) is 0 Å². The molecular weight excluding hydrogens is 390 g/mol. The molecule has 4 nitrogen and oxygen atoms in total. The summed E-state index contributed by atoms with van der Waals surface area (Å²) in [6.07, 6.45) is 3.64. The Kier molecular flexibility index (Phi) is 5.56. The highest BCUT2D eigenvalue weighted by molar-refractivity contribution is 9.10. The van der Waals surface area contributed by atoms with Crippen molar-refractivity contribution in [1.29, 1.82) is 0 Å². The molecule has 1 fully saturated rings. The molecule has 5 heteroatoms. The molecule has 0 saturated carbocycles. The van der Waals surface area contributed by atoms with Crippen LogP contribution < -0.4 is 16.0 Å². The number of nitrogens with one attached hydrogen (secondary N) is 1. The molecule has 2 atom stereocenters. The molecule has 3 rings (SSSR count). The van der Waals surface area contributed by atoms with Crippen molar-refractivity contribution in [2.45, 2.75) is 52.1 Å². The summed E-state index contributed by atoms with van der Waals surface area (Å²) >= 11 is 3.41. The zero-order valence-electron chi connectivity index (χ0n) is 15.6. The highest BCUT2D eigenvalue weighted by atomic mass is 79.9. The molecule has 2 unspecified atom stereocenters. The number of hydrogen-bond donors (Lipinski definition) is 2. The molecule has 138 valence electrons. The van der Waals surface area contributed by atoms with Gasteiger partial charge >= 0.3 is 0 Å². The Bertz CT molecular complexity index is 811. The number of amides is 1. The number of anilines is 3. The van der Waals surface area contributed by atoms with Crippen molar-refractivity contribution in [2.24, 2.45) is 0 Å². The van der Waals surface area contributed by atoms with Gasteiger partial charge in [-0.3, -0.25) is 4.79 Å². The molecule has 0 aromatic heterocycles. The van der Waals surface area contributed by atoms with Crippen LogP contribution in [0.5, 0.6) is 0 Å². The molecule has 1 aliphatic rings. The molecule has 26 heavy (non-hydrogen) atoms. The third-order valence-electron chi connectivity index (χ3n) is 5.17. The smallest absolute Gasteiger partial charge is 0.255 e. The van der Waals surface area contributed by atoms with E-state index in [1.807, 2.05) is 24.3 Å². The van der Waals surface area contributed by atoms with Crippen LogP contribution in [0.15, 0.2) is 40.9 Å². The topological polar surface area (TPSA) is 58.4 Å². The molecule has 0 bridgehead atoms. The number of hydrogen-bond acceptors (Lipinski definition) is 3. The van der Waals surface area contributed by atoms with E-state index in [4.69, 9.17) is 5.73 Å². The number of nitrogens with two attached hydrogens (primary N) is 1. The average molecular weight is 416 g/mol. The molecule has 2 aromatic rings. The van der Waals surface area contributed by atoms with Crippen molar-refractivity contribution < 1.29 is 4.79 Å². The molecule has 1 heterocycles. The maximum Gasteiger partial charge on any atom is 0.255 e. The van der Waals surface area contributed by atoms with Crippen molar-refractivity contribution in [2.75, 3.05) is 16.0 Å².